The van der Waals surface area contributed by atoms with Gasteiger partial charge in [-0.2, -0.15) is 5.10 Å². The summed E-state index contributed by atoms with van der Waals surface area (Å²) in [5, 5.41) is 7.85. The maximum Gasteiger partial charge on any atom is 0.195 e. The molecule has 0 spiro atoms. The number of H-pyrrole nitrogens is 1. The van der Waals surface area contributed by atoms with Gasteiger partial charge in [0.1, 0.15) is 5.75 Å². The fraction of sp³-hybridized carbons (Fsp3) is 0.273. The predicted molar refractivity (Wildman–Crippen MR) is 73.9 cm³/mol. The zero-order valence-corrected chi connectivity index (χ0v) is 12.1. The second kappa shape index (κ2) is 5.30. The molecular formula is C11H11Cl2N3OS. The molecule has 0 bridgehead atoms. The lowest BCUT2D eigenvalue weighted by Crippen LogP contribution is -2.09. The minimum Gasteiger partial charge on any atom is -0.481 e. The number of hydrogen-bond acceptors (Lipinski definition) is 3. The van der Waals surface area contributed by atoms with E-state index in [-0.39, 0.29) is 6.10 Å². The van der Waals surface area contributed by atoms with Crippen LogP contribution in [0.3, 0.4) is 0 Å². The molecule has 1 atom stereocenters. The molecular weight excluding hydrogens is 293 g/mol. The summed E-state index contributed by atoms with van der Waals surface area (Å²) in [4.78, 5) is 0. The first-order valence-corrected chi connectivity index (χ1v) is 6.38. The Bertz CT molecular complexity index is 623. The molecule has 1 aromatic heterocycles. The summed E-state index contributed by atoms with van der Waals surface area (Å²) in [5.74, 6) is 1.26. The Hall–Kier alpha value is -1.04. The molecule has 0 radical (unpaired) electrons. The molecule has 7 heteroatoms. The zero-order valence-electron chi connectivity index (χ0n) is 9.78. The van der Waals surface area contributed by atoms with Crippen LogP contribution >= 0.6 is 35.4 Å². The van der Waals surface area contributed by atoms with Crippen LogP contribution in [0.1, 0.15) is 18.9 Å². The Morgan fingerprint density at radius 2 is 2.17 bits per heavy atom. The maximum atomic E-state index is 6.04. The smallest absolute Gasteiger partial charge is 0.195 e. The van der Waals surface area contributed by atoms with Gasteiger partial charge >= 0.3 is 0 Å². The first-order chi connectivity index (χ1) is 8.49. The highest BCUT2D eigenvalue weighted by molar-refractivity contribution is 7.71. The third kappa shape index (κ3) is 2.68. The summed E-state index contributed by atoms with van der Waals surface area (Å²) in [7, 11) is 1.82. The molecule has 1 N–H and O–H groups in total. The van der Waals surface area contributed by atoms with Gasteiger partial charge in [-0.1, -0.05) is 23.2 Å². The summed E-state index contributed by atoms with van der Waals surface area (Å²) < 4.78 is 8.04. The molecule has 1 unspecified atom stereocenters. The van der Waals surface area contributed by atoms with Gasteiger partial charge in [0.25, 0.3) is 0 Å². The fourth-order valence-electron chi connectivity index (χ4n) is 1.54. The molecule has 0 fully saturated rings. The average Bonchev–Trinajstić information content (AvgIpc) is 2.64. The maximum absolute atomic E-state index is 6.04. The lowest BCUT2D eigenvalue weighted by atomic mass is 10.3. The van der Waals surface area contributed by atoms with Crippen molar-refractivity contribution in [1.29, 1.82) is 0 Å². The van der Waals surface area contributed by atoms with Crippen molar-refractivity contribution in [2.45, 2.75) is 13.0 Å². The van der Waals surface area contributed by atoms with Gasteiger partial charge in [-0.05, 0) is 37.3 Å². The Balaban J connectivity index is 2.24. The topological polar surface area (TPSA) is 42.8 Å². The second-order valence-corrected chi connectivity index (χ2v) is 5.01. The van der Waals surface area contributed by atoms with E-state index in [2.05, 4.69) is 10.2 Å². The van der Waals surface area contributed by atoms with Crippen LogP contribution in [0, 0.1) is 4.77 Å². The predicted octanol–water partition coefficient (Wildman–Crippen LogP) is 3.92. The highest BCUT2D eigenvalue weighted by atomic mass is 35.5. The molecule has 4 nitrogen and oxygen atoms in total. The summed E-state index contributed by atoms with van der Waals surface area (Å²) >= 11 is 16.9. The number of aromatic amines is 1. The molecule has 0 aliphatic carbocycles. The second-order valence-electron chi connectivity index (χ2n) is 3.78. The Labute approximate surface area is 119 Å². The number of rotatable bonds is 3. The van der Waals surface area contributed by atoms with Crippen molar-refractivity contribution >= 4 is 35.4 Å². The van der Waals surface area contributed by atoms with Crippen LogP contribution in [0.2, 0.25) is 10.0 Å². The average molecular weight is 304 g/mol. The molecule has 1 heterocycles. The Kier molecular flexibility index (Phi) is 3.94. The number of ether oxygens (including phenoxy) is 1. The van der Waals surface area contributed by atoms with Gasteiger partial charge < -0.3 is 9.30 Å². The van der Waals surface area contributed by atoms with E-state index in [9.17, 15) is 0 Å². The van der Waals surface area contributed by atoms with E-state index in [0.29, 0.717) is 26.4 Å². The third-order valence-electron chi connectivity index (χ3n) is 2.48. The zero-order chi connectivity index (χ0) is 13.3. The summed E-state index contributed by atoms with van der Waals surface area (Å²) in [6.45, 7) is 1.87. The molecule has 0 saturated carbocycles. The number of benzene rings is 1. The normalized spacial score (nSPS) is 12.4. The van der Waals surface area contributed by atoms with Gasteiger partial charge in [-0.25, -0.2) is 0 Å². The van der Waals surface area contributed by atoms with Crippen LogP contribution in [-0.4, -0.2) is 14.8 Å². The number of nitrogens with zero attached hydrogens (tertiary/aromatic N) is 2. The highest BCUT2D eigenvalue weighted by Crippen LogP contribution is 2.30. The first kappa shape index (κ1) is 13.4. The van der Waals surface area contributed by atoms with E-state index < -0.39 is 0 Å². The number of nitrogens with one attached hydrogen (secondary N) is 1. The van der Waals surface area contributed by atoms with E-state index in [0.717, 1.165) is 0 Å². The SMILES string of the molecule is CC(Oc1ccc(Cl)cc1Cl)c1n[nH]c(=S)n1C. The van der Waals surface area contributed by atoms with Crippen molar-refractivity contribution < 1.29 is 4.74 Å². The van der Waals surface area contributed by atoms with Gasteiger partial charge in [0.05, 0.1) is 5.02 Å². The minimum atomic E-state index is -0.276. The van der Waals surface area contributed by atoms with Crippen LogP contribution in [0.25, 0.3) is 0 Å². The van der Waals surface area contributed by atoms with Gasteiger partial charge in [0, 0.05) is 12.1 Å². The van der Waals surface area contributed by atoms with Gasteiger partial charge in [-0.15, -0.1) is 0 Å². The van der Waals surface area contributed by atoms with E-state index in [4.69, 9.17) is 40.2 Å². The largest absolute Gasteiger partial charge is 0.481 e. The minimum absolute atomic E-state index is 0.276. The summed E-state index contributed by atoms with van der Waals surface area (Å²) in [6.07, 6.45) is -0.276. The number of aromatic nitrogens is 3. The van der Waals surface area contributed by atoms with Crippen molar-refractivity contribution in [3.05, 3.63) is 38.8 Å². The van der Waals surface area contributed by atoms with E-state index >= 15 is 0 Å². The Morgan fingerprint density at radius 3 is 2.72 bits per heavy atom. The van der Waals surface area contributed by atoms with Crippen molar-refractivity contribution in [3.63, 3.8) is 0 Å². The molecule has 2 rings (SSSR count). The quantitative estimate of drug-likeness (QED) is 0.874. The third-order valence-corrected chi connectivity index (χ3v) is 3.37. The molecule has 0 aliphatic heterocycles. The molecule has 0 aliphatic rings. The molecule has 0 amide bonds. The van der Waals surface area contributed by atoms with E-state index in [1.54, 1.807) is 22.8 Å². The lowest BCUT2D eigenvalue weighted by molar-refractivity contribution is 0.212. The molecule has 2 aromatic rings. The number of halogens is 2. The molecule has 18 heavy (non-hydrogen) atoms. The molecule has 0 saturated heterocycles. The monoisotopic (exact) mass is 303 g/mol. The summed E-state index contributed by atoms with van der Waals surface area (Å²) in [6, 6.07) is 5.08. The van der Waals surface area contributed by atoms with E-state index in [1.165, 1.54) is 0 Å². The molecule has 1 aromatic carbocycles. The van der Waals surface area contributed by atoms with Crippen LogP contribution in [-0.2, 0) is 7.05 Å². The van der Waals surface area contributed by atoms with Crippen LogP contribution in [0.5, 0.6) is 5.75 Å². The standard InChI is InChI=1S/C11H11Cl2N3OS/c1-6(10-14-15-11(18)16(10)2)17-9-4-3-7(12)5-8(9)13/h3-6H,1-2H3,(H,15,18). The van der Waals surface area contributed by atoms with Crippen molar-refractivity contribution in [2.24, 2.45) is 7.05 Å². The van der Waals surface area contributed by atoms with Crippen molar-refractivity contribution in [1.82, 2.24) is 14.8 Å². The molecule has 96 valence electrons. The van der Waals surface area contributed by atoms with Gasteiger partial charge in [0.2, 0.25) is 0 Å². The van der Waals surface area contributed by atoms with Crippen LogP contribution in [0.15, 0.2) is 18.2 Å². The van der Waals surface area contributed by atoms with Crippen molar-refractivity contribution in [2.75, 3.05) is 0 Å². The summed E-state index contributed by atoms with van der Waals surface area (Å²) in [5.41, 5.74) is 0. The van der Waals surface area contributed by atoms with Crippen LogP contribution < -0.4 is 4.74 Å². The van der Waals surface area contributed by atoms with Crippen LogP contribution in [0.4, 0.5) is 0 Å². The van der Waals surface area contributed by atoms with Gasteiger partial charge in [0.15, 0.2) is 16.7 Å². The number of hydrogen-bond donors (Lipinski definition) is 1. The Morgan fingerprint density at radius 1 is 1.44 bits per heavy atom. The fourth-order valence-corrected chi connectivity index (χ4v) is 2.13. The van der Waals surface area contributed by atoms with Crippen molar-refractivity contribution in [3.8, 4) is 5.75 Å². The van der Waals surface area contributed by atoms with E-state index in [1.807, 2.05) is 14.0 Å². The highest BCUT2D eigenvalue weighted by Gasteiger charge is 2.15. The van der Waals surface area contributed by atoms with Gasteiger partial charge in [-0.3, -0.25) is 5.10 Å². The first-order valence-electron chi connectivity index (χ1n) is 5.22. The lowest BCUT2D eigenvalue weighted by Gasteiger charge is -2.14.